The van der Waals surface area contributed by atoms with Crippen LogP contribution in [0, 0.1) is 11.6 Å². The SMILES string of the molecule is CCNC(CSC(C)CC)c1c(F)cccc1F. The zero-order valence-electron chi connectivity index (χ0n) is 11.2. The van der Waals surface area contributed by atoms with E-state index in [1.54, 1.807) is 11.8 Å². The highest BCUT2D eigenvalue weighted by molar-refractivity contribution is 7.99. The van der Waals surface area contributed by atoms with Gasteiger partial charge in [0.25, 0.3) is 0 Å². The lowest BCUT2D eigenvalue weighted by Gasteiger charge is -2.21. The summed E-state index contributed by atoms with van der Waals surface area (Å²) >= 11 is 1.74. The third-order valence-electron chi connectivity index (χ3n) is 2.92. The fraction of sp³-hybridized carbons (Fsp3) is 0.571. The van der Waals surface area contributed by atoms with Crippen molar-refractivity contribution in [1.82, 2.24) is 5.32 Å². The molecule has 0 heterocycles. The van der Waals surface area contributed by atoms with Crippen LogP contribution in [0.4, 0.5) is 8.78 Å². The van der Waals surface area contributed by atoms with Crippen molar-refractivity contribution in [2.75, 3.05) is 12.3 Å². The van der Waals surface area contributed by atoms with Crippen molar-refractivity contribution in [2.45, 2.75) is 38.5 Å². The summed E-state index contributed by atoms with van der Waals surface area (Å²) in [5.74, 6) is -0.253. The van der Waals surface area contributed by atoms with Crippen molar-refractivity contribution in [2.24, 2.45) is 0 Å². The van der Waals surface area contributed by atoms with E-state index >= 15 is 0 Å². The molecule has 0 aromatic heterocycles. The molecule has 102 valence electrons. The lowest BCUT2D eigenvalue weighted by Crippen LogP contribution is -2.25. The summed E-state index contributed by atoms with van der Waals surface area (Å²) in [5, 5.41) is 3.66. The van der Waals surface area contributed by atoms with Gasteiger partial charge in [0.1, 0.15) is 11.6 Å². The van der Waals surface area contributed by atoms with Crippen LogP contribution in [0.2, 0.25) is 0 Å². The Bertz CT molecular complexity index is 351. The van der Waals surface area contributed by atoms with E-state index in [-0.39, 0.29) is 11.6 Å². The van der Waals surface area contributed by atoms with Crippen LogP contribution in [-0.4, -0.2) is 17.5 Å². The van der Waals surface area contributed by atoms with Gasteiger partial charge in [0.15, 0.2) is 0 Å². The topological polar surface area (TPSA) is 12.0 Å². The first-order valence-electron chi connectivity index (χ1n) is 6.39. The highest BCUT2D eigenvalue weighted by Crippen LogP contribution is 2.26. The first-order valence-corrected chi connectivity index (χ1v) is 7.43. The molecule has 0 spiro atoms. The molecule has 1 aromatic carbocycles. The molecule has 0 saturated carbocycles. The first kappa shape index (κ1) is 15.4. The van der Waals surface area contributed by atoms with Gasteiger partial charge >= 0.3 is 0 Å². The summed E-state index contributed by atoms with van der Waals surface area (Å²) < 4.78 is 27.5. The molecule has 4 heteroatoms. The molecule has 2 atom stereocenters. The molecule has 0 aliphatic carbocycles. The molecule has 0 saturated heterocycles. The Morgan fingerprint density at radius 2 is 1.83 bits per heavy atom. The molecular weight excluding hydrogens is 252 g/mol. The fourth-order valence-electron chi connectivity index (χ4n) is 1.71. The van der Waals surface area contributed by atoms with E-state index in [4.69, 9.17) is 0 Å². The van der Waals surface area contributed by atoms with E-state index in [9.17, 15) is 8.78 Å². The third kappa shape index (κ3) is 4.25. The predicted octanol–water partition coefficient (Wildman–Crippen LogP) is 4.15. The van der Waals surface area contributed by atoms with E-state index in [0.29, 0.717) is 17.5 Å². The molecule has 2 unspecified atom stereocenters. The highest BCUT2D eigenvalue weighted by Gasteiger charge is 2.19. The minimum Gasteiger partial charge on any atom is -0.309 e. The minimum absolute atomic E-state index is 0.162. The lowest BCUT2D eigenvalue weighted by molar-refractivity contribution is 0.499. The first-order chi connectivity index (χ1) is 8.60. The Hall–Kier alpha value is -0.610. The molecule has 1 aromatic rings. The number of nitrogens with one attached hydrogen (secondary N) is 1. The van der Waals surface area contributed by atoms with Crippen molar-refractivity contribution in [1.29, 1.82) is 0 Å². The Morgan fingerprint density at radius 3 is 2.33 bits per heavy atom. The summed E-state index contributed by atoms with van der Waals surface area (Å²) in [6.07, 6.45) is 1.06. The maximum Gasteiger partial charge on any atom is 0.130 e. The second-order valence-corrected chi connectivity index (χ2v) is 5.77. The van der Waals surface area contributed by atoms with Gasteiger partial charge in [-0.05, 0) is 25.1 Å². The van der Waals surface area contributed by atoms with Crippen molar-refractivity contribution < 1.29 is 8.78 Å². The molecule has 1 nitrogen and oxygen atoms in total. The highest BCUT2D eigenvalue weighted by atomic mass is 32.2. The normalized spacial score (nSPS) is 14.5. The van der Waals surface area contributed by atoms with Gasteiger partial charge in [0.2, 0.25) is 0 Å². The number of halogens is 2. The van der Waals surface area contributed by atoms with Crippen molar-refractivity contribution >= 4 is 11.8 Å². The summed E-state index contributed by atoms with van der Waals surface area (Å²) in [6, 6.07) is 3.77. The fourth-order valence-corrected chi connectivity index (χ4v) is 2.75. The minimum atomic E-state index is -0.467. The van der Waals surface area contributed by atoms with Gasteiger partial charge < -0.3 is 5.32 Å². The largest absolute Gasteiger partial charge is 0.309 e. The second kappa shape index (κ2) is 7.74. The number of rotatable bonds is 7. The van der Waals surface area contributed by atoms with E-state index in [0.717, 1.165) is 6.42 Å². The number of thioether (sulfide) groups is 1. The quantitative estimate of drug-likeness (QED) is 0.801. The van der Waals surface area contributed by atoms with Crippen LogP contribution in [0.5, 0.6) is 0 Å². The van der Waals surface area contributed by atoms with Crippen LogP contribution < -0.4 is 5.32 Å². The predicted molar refractivity (Wildman–Crippen MR) is 75.0 cm³/mol. The maximum absolute atomic E-state index is 13.7. The average molecular weight is 273 g/mol. The van der Waals surface area contributed by atoms with Crippen LogP contribution in [0.25, 0.3) is 0 Å². The Morgan fingerprint density at radius 1 is 1.22 bits per heavy atom. The van der Waals surface area contributed by atoms with Crippen LogP contribution in [0.1, 0.15) is 38.8 Å². The molecule has 1 N–H and O–H groups in total. The monoisotopic (exact) mass is 273 g/mol. The molecule has 0 radical (unpaired) electrons. The number of hydrogen-bond acceptors (Lipinski definition) is 2. The Balaban J connectivity index is 2.83. The Labute approximate surface area is 112 Å². The van der Waals surface area contributed by atoms with Crippen molar-refractivity contribution in [3.63, 3.8) is 0 Å². The smallest absolute Gasteiger partial charge is 0.130 e. The standard InChI is InChI=1S/C14H21F2NS/c1-4-10(3)18-9-13(17-5-2)14-11(15)7-6-8-12(14)16/h6-8,10,13,17H,4-5,9H2,1-3H3. The van der Waals surface area contributed by atoms with Crippen LogP contribution >= 0.6 is 11.8 Å². The number of hydrogen-bond donors (Lipinski definition) is 1. The summed E-state index contributed by atoms with van der Waals surface area (Å²) in [6.45, 7) is 6.88. The molecule has 0 bridgehead atoms. The maximum atomic E-state index is 13.7. The van der Waals surface area contributed by atoms with Crippen molar-refractivity contribution in [3.8, 4) is 0 Å². The van der Waals surface area contributed by atoms with Gasteiger partial charge in [-0.2, -0.15) is 11.8 Å². The lowest BCUT2D eigenvalue weighted by atomic mass is 10.1. The third-order valence-corrected chi connectivity index (χ3v) is 4.35. The van der Waals surface area contributed by atoms with E-state index in [1.807, 2.05) is 6.92 Å². The molecule has 0 fully saturated rings. The van der Waals surface area contributed by atoms with E-state index < -0.39 is 11.6 Å². The van der Waals surface area contributed by atoms with E-state index in [2.05, 4.69) is 19.2 Å². The van der Waals surface area contributed by atoms with Gasteiger partial charge in [0.05, 0.1) is 0 Å². The molecule has 1 rings (SSSR count). The summed E-state index contributed by atoms with van der Waals surface area (Å²) in [7, 11) is 0. The second-order valence-electron chi connectivity index (χ2n) is 4.30. The summed E-state index contributed by atoms with van der Waals surface area (Å²) in [4.78, 5) is 0. The number of benzene rings is 1. The van der Waals surface area contributed by atoms with Gasteiger partial charge in [-0.25, -0.2) is 8.78 Å². The van der Waals surface area contributed by atoms with Crippen molar-refractivity contribution in [3.05, 3.63) is 35.4 Å². The Kier molecular flexibility index (Phi) is 6.65. The van der Waals surface area contributed by atoms with Gasteiger partial charge in [-0.1, -0.05) is 26.8 Å². The molecular formula is C14H21F2NS. The summed E-state index contributed by atoms with van der Waals surface area (Å²) in [5.41, 5.74) is 0.162. The van der Waals surface area contributed by atoms with Gasteiger partial charge in [0, 0.05) is 22.6 Å². The molecule has 0 aliphatic heterocycles. The van der Waals surface area contributed by atoms with Crippen LogP contribution in [0.15, 0.2) is 18.2 Å². The molecule has 0 aliphatic rings. The zero-order valence-corrected chi connectivity index (χ0v) is 12.0. The van der Waals surface area contributed by atoms with E-state index in [1.165, 1.54) is 18.2 Å². The van der Waals surface area contributed by atoms with Crippen LogP contribution in [0.3, 0.4) is 0 Å². The molecule has 0 amide bonds. The van der Waals surface area contributed by atoms with Gasteiger partial charge in [-0.3, -0.25) is 0 Å². The zero-order chi connectivity index (χ0) is 13.5. The average Bonchev–Trinajstić information content (AvgIpc) is 2.35. The van der Waals surface area contributed by atoms with Gasteiger partial charge in [-0.15, -0.1) is 0 Å². The van der Waals surface area contributed by atoms with Crippen LogP contribution in [-0.2, 0) is 0 Å². The molecule has 18 heavy (non-hydrogen) atoms.